The fraction of sp³-hybridized carbons (Fsp3) is 0.250. The predicted octanol–water partition coefficient (Wildman–Crippen LogP) is 3.87. The molecule has 0 bridgehead atoms. The van der Waals surface area contributed by atoms with Crippen molar-refractivity contribution < 1.29 is 4.74 Å². The van der Waals surface area contributed by atoms with Crippen LogP contribution in [0.25, 0.3) is 0 Å². The van der Waals surface area contributed by atoms with Gasteiger partial charge in [-0.2, -0.15) is 0 Å². The number of hydrogen-bond acceptors (Lipinski definition) is 1. The number of ether oxygens (including phenoxy) is 1. The molecule has 1 aromatic carbocycles. The van der Waals surface area contributed by atoms with E-state index in [1.807, 2.05) is 6.07 Å². The van der Waals surface area contributed by atoms with Crippen LogP contribution in [0.15, 0.2) is 6.07 Å². The van der Waals surface area contributed by atoms with Gasteiger partial charge in [0.25, 0.3) is 0 Å². The Morgan fingerprint density at radius 1 is 1.42 bits per heavy atom. The molecule has 1 rings (SSSR count). The highest BCUT2D eigenvalue weighted by molar-refractivity contribution is 14.1. The lowest BCUT2D eigenvalue weighted by molar-refractivity contribution is 0.411. The van der Waals surface area contributed by atoms with Crippen LogP contribution in [0.4, 0.5) is 0 Å². The highest BCUT2D eigenvalue weighted by atomic mass is 127. The molecule has 0 atom stereocenters. The Bertz CT molecular complexity index is 312. The molecule has 0 aliphatic carbocycles. The van der Waals surface area contributed by atoms with E-state index >= 15 is 0 Å². The summed E-state index contributed by atoms with van der Waals surface area (Å²) in [6, 6.07) is 1.92. The zero-order valence-electron chi connectivity index (χ0n) is 6.62. The molecule has 0 aliphatic rings. The number of benzene rings is 1. The van der Waals surface area contributed by atoms with Crippen molar-refractivity contribution in [2.24, 2.45) is 0 Å². The van der Waals surface area contributed by atoms with Crippen molar-refractivity contribution >= 4 is 56.8 Å². The van der Waals surface area contributed by atoms with E-state index < -0.39 is 0 Å². The Kier molecular flexibility index (Phi) is 3.91. The molecular formula is C8H7ClI2O. The fourth-order valence-corrected chi connectivity index (χ4v) is 3.37. The average molecular weight is 408 g/mol. The number of rotatable bonds is 1. The molecule has 0 spiro atoms. The van der Waals surface area contributed by atoms with Crippen LogP contribution in [-0.4, -0.2) is 7.11 Å². The van der Waals surface area contributed by atoms with Gasteiger partial charge in [0.05, 0.1) is 15.7 Å². The Hall–Kier alpha value is 0.770. The third kappa shape index (κ3) is 1.98. The summed E-state index contributed by atoms with van der Waals surface area (Å²) in [5.74, 6) is 0.773. The molecule has 1 aromatic rings. The van der Waals surface area contributed by atoms with E-state index in [-0.39, 0.29) is 0 Å². The molecule has 0 saturated heterocycles. The zero-order valence-corrected chi connectivity index (χ0v) is 11.7. The molecular weight excluding hydrogens is 401 g/mol. The van der Waals surface area contributed by atoms with Gasteiger partial charge in [-0.25, -0.2) is 0 Å². The highest BCUT2D eigenvalue weighted by Gasteiger charge is 2.10. The first-order valence-electron chi connectivity index (χ1n) is 3.26. The van der Waals surface area contributed by atoms with Gasteiger partial charge in [0.15, 0.2) is 5.75 Å². The van der Waals surface area contributed by atoms with Crippen molar-refractivity contribution in [2.45, 2.75) is 6.92 Å². The SMILES string of the molecule is COc1c(Cl)cc(I)c(C)c1I. The van der Waals surface area contributed by atoms with Crippen LogP contribution in [0.3, 0.4) is 0 Å². The fourth-order valence-electron chi connectivity index (χ4n) is 0.852. The molecule has 66 valence electrons. The maximum Gasteiger partial charge on any atom is 0.151 e. The molecule has 12 heavy (non-hydrogen) atoms. The van der Waals surface area contributed by atoms with Crippen molar-refractivity contribution in [2.75, 3.05) is 7.11 Å². The van der Waals surface area contributed by atoms with Gasteiger partial charge in [0, 0.05) is 3.57 Å². The third-order valence-electron chi connectivity index (χ3n) is 1.56. The lowest BCUT2D eigenvalue weighted by Crippen LogP contribution is -1.93. The smallest absolute Gasteiger partial charge is 0.151 e. The molecule has 0 N–H and O–H groups in total. The van der Waals surface area contributed by atoms with Gasteiger partial charge in [-0.1, -0.05) is 11.6 Å². The first kappa shape index (κ1) is 10.8. The van der Waals surface area contributed by atoms with Crippen molar-refractivity contribution in [3.63, 3.8) is 0 Å². The average Bonchev–Trinajstić information content (AvgIpc) is 2.01. The summed E-state index contributed by atoms with van der Waals surface area (Å²) in [6.45, 7) is 2.06. The standard InChI is InChI=1S/C8H7ClI2O/c1-4-6(10)3-5(9)8(12-2)7(4)11/h3H,1-2H3. The second-order valence-corrected chi connectivity index (χ2v) is 4.96. The summed E-state index contributed by atoms with van der Waals surface area (Å²) in [4.78, 5) is 0. The van der Waals surface area contributed by atoms with Crippen molar-refractivity contribution in [1.29, 1.82) is 0 Å². The lowest BCUT2D eigenvalue weighted by Gasteiger charge is -2.09. The molecule has 0 amide bonds. The summed E-state index contributed by atoms with van der Waals surface area (Å²) >= 11 is 10.5. The van der Waals surface area contributed by atoms with E-state index in [9.17, 15) is 0 Å². The largest absolute Gasteiger partial charge is 0.494 e. The second kappa shape index (κ2) is 4.32. The van der Waals surface area contributed by atoms with Crippen molar-refractivity contribution in [1.82, 2.24) is 0 Å². The summed E-state index contributed by atoms with van der Waals surface area (Å²) in [6.07, 6.45) is 0. The van der Waals surface area contributed by atoms with Crippen molar-refractivity contribution in [3.05, 3.63) is 23.8 Å². The van der Waals surface area contributed by atoms with Gasteiger partial charge < -0.3 is 4.74 Å². The zero-order chi connectivity index (χ0) is 9.30. The minimum Gasteiger partial charge on any atom is -0.494 e. The van der Waals surface area contributed by atoms with E-state index in [1.54, 1.807) is 7.11 Å². The first-order chi connectivity index (χ1) is 5.57. The maximum atomic E-state index is 5.97. The number of halogens is 3. The molecule has 0 fully saturated rings. The van der Waals surface area contributed by atoms with Crippen LogP contribution >= 0.6 is 56.8 Å². The molecule has 0 saturated carbocycles. The van der Waals surface area contributed by atoms with Gasteiger partial charge in [-0.05, 0) is 63.7 Å². The molecule has 0 radical (unpaired) electrons. The van der Waals surface area contributed by atoms with Crippen LogP contribution in [0.5, 0.6) is 5.75 Å². The predicted molar refractivity (Wildman–Crippen MR) is 68.2 cm³/mol. The quantitative estimate of drug-likeness (QED) is 0.642. The number of hydrogen-bond donors (Lipinski definition) is 0. The van der Waals surface area contributed by atoms with Crippen LogP contribution in [0.2, 0.25) is 5.02 Å². The molecule has 0 heterocycles. The van der Waals surface area contributed by atoms with Crippen LogP contribution < -0.4 is 4.74 Å². The van der Waals surface area contributed by atoms with E-state index in [1.165, 1.54) is 9.13 Å². The summed E-state index contributed by atoms with van der Waals surface area (Å²) in [5, 5.41) is 0.678. The van der Waals surface area contributed by atoms with Gasteiger partial charge in [-0.15, -0.1) is 0 Å². The Morgan fingerprint density at radius 3 is 2.50 bits per heavy atom. The van der Waals surface area contributed by atoms with Crippen LogP contribution in [-0.2, 0) is 0 Å². The summed E-state index contributed by atoms with van der Waals surface area (Å²) in [7, 11) is 1.63. The second-order valence-electron chi connectivity index (χ2n) is 2.31. The van der Waals surface area contributed by atoms with Gasteiger partial charge >= 0.3 is 0 Å². The van der Waals surface area contributed by atoms with E-state index in [0.717, 1.165) is 9.32 Å². The Morgan fingerprint density at radius 2 is 2.00 bits per heavy atom. The van der Waals surface area contributed by atoms with E-state index in [0.29, 0.717) is 5.02 Å². The van der Waals surface area contributed by atoms with E-state index in [4.69, 9.17) is 16.3 Å². The first-order valence-corrected chi connectivity index (χ1v) is 5.79. The molecule has 0 unspecified atom stereocenters. The van der Waals surface area contributed by atoms with E-state index in [2.05, 4.69) is 52.1 Å². The Labute approximate surface area is 104 Å². The Balaban J connectivity index is 3.40. The van der Waals surface area contributed by atoms with Gasteiger partial charge in [0.1, 0.15) is 0 Å². The molecule has 1 nitrogen and oxygen atoms in total. The number of methoxy groups -OCH3 is 1. The maximum absolute atomic E-state index is 5.97. The minimum atomic E-state index is 0.678. The third-order valence-corrected chi connectivity index (χ3v) is 4.26. The summed E-state index contributed by atoms with van der Waals surface area (Å²) in [5.41, 5.74) is 1.22. The van der Waals surface area contributed by atoms with Gasteiger partial charge in [-0.3, -0.25) is 0 Å². The van der Waals surface area contributed by atoms with Crippen molar-refractivity contribution in [3.8, 4) is 5.75 Å². The molecule has 0 aromatic heterocycles. The highest BCUT2D eigenvalue weighted by Crippen LogP contribution is 2.34. The molecule has 0 aliphatic heterocycles. The lowest BCUT2D eigenvalue weighted by atomic mass is 10.2. The normalized spacial score (nSPS) is 10.1. The summed E-state index contributed by atoms with van der Waals surface area (Å²) < 4.78 is 7.43. The van der Waals surface area contributed by atoms with Crippen LogP contribution in [0.1, 0.15) is 5.56 Å². The minimum absolute atomic E-state index is 0.678. The molecule has 4 heteroatoms. The van der Waals surface area contributed by atoms with Crippen LogP contribution in [0, 0.1) is 14.1 Å². The monoisotopic (exact) mass is 408 g/mol. The van der Waals surface area contributed by atoms with Gasteiger partial charge in [0.2, 0.25) is 0 Å². The topological polar surface area (TPSA) is 9.23 Å².